The number of alkyl carbamates (subject to hydrolysis) is 1. The molecule has 172 valence electrons. The molecule has 1 aliphatic carbocycles. The summed E-state index contributed by atoms with van der Waals surface area (Å²) in [6, 6.07) is 19.0. The smallest absolute Gasteiger partial charge is 0.407 e. The average Bonchev–Trinajstić information content (AvgIpc) is 3.52. The molecular weight excluding hydrogens is 404 g/mol. The van der Waals surface area contributed by atoms with Crippen molar-refractivity contribution >= 4 is 11.9 Å². The largest absolute Gasteiger partial charge is 0.445 e. The van der Waals surface area contributed by atoms with Crippen molar-refractivity contribution in [3.8, 4) is 0 Å². The summed E-state index contributed by atoms with van der Waals surface area (Å²) < 4.78 is 5.38. The Hall–Kier alpha value is -2.70. The molecule has 4 atom stereocenters. The first-order valence-corrected chi connectivity index (χ1v) is 11.4. The van der Waals surface area contributed by atoms with Gasteiger partial charge in [0.1, 0.15) is 12.4 Å². The van der Waals surface area contributed by atoms with Crippen molar-refractivity contribution in [2.24, 2.45) is 11.8 Å². The molecule has 3 rings (SSSR count). The fourth-order valence-corrected chi connectivity index (χ4v) is 3.92. The van der Waals surface area contributed by atoms with Crippen LogP contribution in [0.3, 0.4) is 0 Å². The molecule has 0 aliphatic heterocycles. The minimum atomic E-state index is -0.743. The third kappa shape index (κ3) is 7.77. The number of amides is 1. The molecule has 1 saturated carbocycles. The molecule has 6 nitrogen and oxygen atoms in total. The highest BCUT2D eigenvalue weighted by Gasteiger charge is 2.44. The third-order valence-electron chi connectivity index (χ3n) is 5.71. The molecule has 0 saturated heterocycles. The van der Waals surface area contributed by atoms with Crippen LogP contribution in [0.1, 0.15) is 37.8 Å². The number of carbonyl (C=O) groups excluding carboxylic acids is 2. The highest BCUT2D eigenvalue weighted by Crippen LogP contribution is 2.30. The molecule has 0 heterocycles. The normalized spacial score (nSPS) is 18.1. The van der Waals surface area contributed by atoms with E-state index in [9.17, 15) is 14.7 Å². The number of hydrogen-bond acceptors (Lipinski definition) is 5. The number of hydrogen-bond donors (Lipinski definition) is 3. The molecule has 0 radical (unpaired) electrons. The van der Waals surface area contributed by atoms with Gasteiger partial charge in [0.25, 0.3) is 0 Å². The van der Waals surface area contributed by atoms with Gasteiger partial charge in [-0.25, -0.2) is 4.79 Å². The Kier molecular flexibility index (Phi) is 8.82. The molecule has 2 aromatic rings. The first-order chi connectivity index (χ1) is 15.4. The van der Waals surface area contributed by atoms with Crippen LogP contribution in [0.2, 0.25) is 0 Å². The average molecular weight is 439 g/mol. The molecule has 0 bridgehead atoms. The quantitative estimate of drug-likeness (QED) is 0.472. The summed E-state index contributed by atoms with van der Waals surface area (Å²) in [7, 11) is 0. The van der Waals surface area contributed by atoms with E-state index in [1.54, 1.807) is 0 Å². The zero-order valence-corrected chi connectivity index (χ0v) is 18.9. The second-order valence-electron chi connectivity index (χ2n) is 9.00. The van der Waals surface area contributed by atoms with Crippen LogP contribution in [0.4, 0.5) is 4.79 Å². The summed E-state index contributed by atoms with van der Waals surface area (Å²) in [6.45, 7) is 4.90. The number of benzene rings is 2. The van der Waals surface area contributed by atoms with Gasteiger partial charge in [-0.15, -0.1) is 0 Å². The van der Waals surface area contributed by atoms with Crippen molar-refractivity contribution in [1.82, 2.24) is 10.6 Å². The van der Waals surface area contributed by atoms with Gasteiger partial charge in [0.2, 0.25) is 0 Å². The second kappa shape index (κ2) is 11.8. The van der Waals surface area contributed by atoms with E-state index in [1.807, 2.05) is 60.7 Å². The first kappa shape index (κ1) is 24.0. The molecule has 3 N–H and O–H groups in total. The van der Waals surface area contributed by atoms with Gasteiger partial charge in [0, 0.05) is 25.0 Å². The Labute approximate surface area is 190 Å². The molecule has 1 amide bonds. The molecule has 1 aliphatic rings. The van der Waals surface area contributed by atoms with Gasteiger partial charge in [-0.1, -0.05) is 74.5 Å². The van der Waals surface area contributed by atoms with Gasteiger partial charge in [0.15, 0.2) is 0 Å². The van der Waals surface area contributed by atoms with Crippen molar-refractivity contribution in [2.45, 2.75) is 57.9 Å². The Bertz CT molecular complexity index is 857. The lowest BCUT2D eigenvalue weighted by atomic mass is 9.97. The highest BCUT2D eigenvalue weighted by atomic mass is 16.5. The van der Waals surface area contributed by atoms with E-state index < -0.39 is 12.2 Å². The molecular formula is C26H34N2O4. The maximum Gasteiger partial charge on any atom is 0.407 e. The van der Waals surface area contributed by atoms with Crippen LogP contribution in [0.5, 0.6) is 0 Å². The van der Waals surface area contributed by atoms with E-state index in [2.05, 4.69) is 24.5 Å². The summed E-state index contributed by atoms with van der Waals surface area (Å²) >= 11 is 0. The van der Waals surface area contributed by atoms with Gasteiger partial charge in [-0.2, -0.15) is 0 Å². The molecule has 2 aromatic carbocycles. The van der Waals surface area contributed by atoms with Crippen LogP contribution < -0.4 is 10.6 Å². The standard InChI is InChI=1S/C26H34N2O4/c1-18(2)13-21(28-26(31)32-17-20-11-7-4-8-12-20)16-27-23(25(30)22-15-24(22)29)14-19-9-5-3-6-10-19/h3-12,18,21-23,25,27,30H,13-17H2,1-2H3,(H,28,31)/t21-,22?,23+,25?/m1/s1. The third-order valence-corrected chi connectivity index (χ3v) is 5.71. The number of Topliss-reactive ketones (excluding diaryl/α,β-unsaturated/α-hetero) is 1. The lowest BCUT2D eigenvalue weighted by Gasteiger charge is -2.28. The minimum absolute atomic E-state index is 0.110. The van der Waals surface area contributed by atoms with Gasteiger partial charge in [-0.05, 0) is 29.9 Å². The topological polar surface area (TPSA) is 87.7 Å². The van der Waals surface area contributed by atoms with E-state index in [-0.39, 0.29) is 30.4 Å². The maximum atomic E-state index is 12.4. The Morgan fingerprint density at radius 2 is 1.66 bits per heavy atom. The predicted octanol–water partition coefficient (Wildman–Crippen LogP) is 3.48. The van der Waals surface area contributed by atoms with E-state index in [4.69, 9.17) is 4.74 Å². The molecule has 2 unspecified atom stereocenters. The summed E-state index contributed by atoms with van der Waals surface area (Å²) in [5, 5.41) is 17.2. The number of aliphatic hydroxyl groups excluding tert-OH is 1. The van der Waals surface area contributed by atoms with E-state index in [1.165, 1.54) is 0 Å². The monoisotopic (exact) mass is 438 g/mol. The zero-order chi connectivity index (χ0) is 22.9. The summed E-state index contributed by atoms with van der Waals surface area (Å²) in [5.74, 6) is 0.195. The molecule has 32 heavy (non-hydrogen) atoms. The van der Waals surface area contributed by atoms with Gasteiger partial charge < -0.3 is 20.5 Å². The molecule has 1 fully saturated rings. The second-order valence-corrected chi connectivity index (χ2v) is 9.00. The molecule has 0 spiro atoms. The first-order valence-electron chi connectivity index (χ1n) is 11.4. The fraction of sp³-hybridized carbons (Fsp3) is 0.462. The summed E-state index contributed by atoms with van der Waals surface area (Å²) in [6.07, 6.45) is 0.613. The summed E-state index contributed by atoms with van der Waals surface area (Å²) in [4.78, 5) is 24.0. The van der Waals surface area contributed by atoms with Crippen molar-refractivity contribution in [2.75, 3.05) is 6.54 Å². The van der Waals surface area contributed by atoms with Crippen LogP contribution in [-0.2, 0) is 22.6 Å². The van der Waals surface area contributed by atoms with E-state index >= 15 is 0 Å². The van der Waals surface area contributed by atoms with Crippen molar-refractivity contribution in [3.05, 3.63) is 71.8 Å². The van der Waals surface area contributed by atoms with Crippen LogP contribution >= 0.6 is 0 Å². The summed E-state index contributed by atoms with van der Waals surface area (Å²) in [5.41, 5.74) is 2.02. The number of aliphatic hydroxyl groups is 1. The van der Waals surface area contributed by atoms with E-state index in [0.29, 0.717) is 25.3 Å². The number of rotatable bonds is 12. The number of nitrogens with one attached hydrogen (secondary N) is 2. The Morgan fingerprint density at radius 3 is 2.22 bits per heavy atom. The van der Waals surface area contributed by atoms with Crippen molar-refractivity contribution in [1.29, 1.82) is 0 Å². The van der Waals surface area contributed by atoms with Crippen LogP contribution in [0.15, 0.2) is 60.7 Å². The molecule has 6 heteroatoms. The highest BCUT2D eigenvalue weighted by molar-refractivity contribution is 5.96. The van der Waals surface area contributed by atoms with Crippen LogP contribution in [0, 0.1) is 11.8 Å². The minimum Gasteiger partial charge on any atom is -0.445 e. The fourth-order valence-electron chi connectivity index (χ4n) is 3.92. The Morgan fingerprint density at radius 1 is 1.06 bits per heavy atom. The molecule has 0 aromatic heterocycles. The van der Waals surface area contributed by atoms with Crippen molar-refractivity contribution in [3.63, 3.8) is 0 Å². The number of carbonyl (C=O) groups is 2. The van der Waals surface area contributed by atoms with Gasteiger partial charge in [-0.3, -0.25) is 4.79 Å². The number of ketones is 1. The predicted molar refractivity (Wildman–Crippen MR) is 124 cm³/mol. The van der Waals surface area contributed by atoms with Gasteiger partial charge >= 0.3 is 6.09 Å². The Balaban J connectivity index is 1.57. The lowest BCUT2D eigenvalue weighted by molar-refractivity contribution is -0.112. The van der Waals surface area contributed by atoms with E-state index in [0.717, 1.165) is 17.5 Å². The lowest BCUT2D eigenvalue weighted by Crippen LogP contribution is -2.50. The van der Waals surface area contributed by atoms with Gasteiger partial charge in [0.05, 0.1) is 12.0 Å². The maximum absolute atomic E-state index is 12.4. The van der Waals surface area contributed by atoms with Crippen LogP contribution in [-0.4, -0.2) is 41.7 Å². The van der Waals surface area contributed by atoms with Crippen molar-refractivity contribution < 1.29 is 19.4 Å². The number of ether oxygens (including phenoxy) is 1. The SMILES string of the molecule is CC(C)C[C@H](CN[C@@H](Cc1ccccc1)C(O)C1CC1=O)NC(=O)OCc1ccccc1. The van der Waals surface area contributed by atoms with Crippen LogP contribution in [0.25, 0.3) is 0 Å². The zero-order valence-electron chi connectivity index (χ0n) is 18.9.